The van der Waals surface area contributed by atoms with Crippen molar-refractivity contribution in [1.29, 1.82) is 0 Å². The van der Waals surface area contributed by atoms with Crippen LogP contribution in [0, 0.1) is 0 Å². The number of likely N-dealkylation sites (tertiary alicyclic amines) is 1. The highest BCUT2D eigenvalue weighted by Gasteiger charge is 2.25. The second kappa shape index (κ2) is 8.05. The lowest BCUT2D eigenvalue weighted by Crippen LogP contribution is -2.24. The van der Waals surface area contributed by atoms with Gasteiger partial charge in [0.15, 0.2) is 0 Å². The molecule has 1 aromatic carbocycles. The Labute approximate surface area is 121 Å². The topological polar surface area (TPSA) is 29.5 Å². The lowest BCUT2D eigenvalue weighted by Gasteiger charge is -2.16. The molecule has 1 aliphatic rings. The zero-order chi connectivity index (χ0) is 14.2. The first-order valence-electron chi connectivity index (χ1n) is 7.73. The van der Waals surface area contributed by atoms with Gasteiger partial charge in [-0.15, -0.1) is 0 Å². The summed E-state index contributed by atoms with van der Waals surface area (Å²) in [4.78, 5) is 14.1. The molecule has 1 atom stereocenters. The molecule has 1 aliphatic heterocycles. The highest BCUT2D eigenvalue weighted by atomic mass is 16.5. The fourth-order valence-electron chi connectivity index (χ4n) is 2.64. The SMILES string of the molecule is CCCCCC(=O)OC1CCN(Cc2ccccc2)C1. The van der Waals surface area contributed by atoms with E-state index >= 15 is 0 Å². The quantitative estimate of drug-likeness (QED) is 0.564. The molecule has 0 aromatic heterocycles. The molecule has 1 heterocycles. The van der Waals surface area contributed by atoms with Gasteiger partial charge in [0.2, 0.25) is 0 Å². The minimum atomic E-state index is -0.0231. The minimum absolute atomic E-state index is 0.0231. The third kappa shape index (κ3) is 4.97. The predicted octanol–water partition coefficient (Wildman–Crippen LogP) is 3.38. The maximum Gasteiger partial charge on any atom is 0.306 e. The molecule has 20 heavy (non-hydrogen) atoms. The van der Waals surface area contributed by atoms with E-state index in [9.17, 15) is 4.79 Å². The summed E-state index contributed by atoms with van der Waals surface area (Å²) in [6, 6.07) is 10.5. The van der Waals surface area contributed by atoms with Gasteiger partial charge in [-0.05, 0) is 18.4 Å². The number of benzene rings is 1. The Morgan fingerprint density at radius 1 is 1.30 bits per heavy atom. The molecule has 0 saturated carbocycles. The van der Waals surface area contributed by atoms with Gasteiger partial charge in [0.1, 0.15) is 6.10 Å². The maximum atomic E-state index is 11.7. The van der Waals surface area contributed by atoms with Crippen LogP contribution in [0.1, 0.15) is 44.6 Å². The molecular weight excluding hydrogens is 250 g/mol. The summed E-state index contributed by atoms with van der Waals surface area (Å²) in [5.74, 6) is -0.0231. The summed E-state index contributed by atoms with van der Waals surface area (Å²) in [5.41, 5.74) is 1.32. The van der Waals surface area contributed by atoms with E-state index < -0.39 is 0 Å². The van der Waals surface area contributed by atoms with Gasteiger partial charge in [0.05, 0.1) is 0 Å². The van der Waals surface area contributed by atoms with Crippen LogP contribution < -0.4 is 0 Å². The number of unbranched alkanes of at least 4 members (excludes halogenated alkanes) is 2. The van der Waals surface area contributed by atoms with E-state index in [2.05, 4.69) is 36.1 Å². The molecule has 1 aromatic rings. The number of ether oxygens (including phenoxy) is 1. The normalized spacial score (nSPS) is 19.1. The van der Waals surface area contributed by atoms with Crippen molar-refractivity contribution in [3.05, 3.63) is 35.9 Å². The van der Waals surface area contributed by atoms with E-state index in [1.807, 2.05) is 6.07 Å². The third-order valence-corrected chi connectivity index (χ3v) is 3.76. The molecule has 2 rings (SSSR count). The van der Waals surface area contributed by atoms with E-state index in [1.54, 1.807) is 0 Å². The number of nitrogens with zero attached hydrogens (tertiary/aromatic N) is 1. The van der Waals surface area contributed by atoms with Gasteiger partial charge in [0.25, 0.3) is 0 Å². The van der Waals surface area contributed by atoms with Crippen LogP contribution in [0.5, 0.6) is 0 Å². The van der Waals surface area contributed by atoms with Gasteiger partial charge < -0.3 is 4.74 Å². The van der Waals surface area contributed by atoms with Crippen molar-refractivity contribution < 1.29 is 9.53 Å². The van der Waals surface area contributed by atoms with Crippen LogP contribution in [0.15, 0.2) is 30.3 Å². The van der Waals surface area contributed by atoms with Crippen LogP contribution >= 0.6 is 0 Å². The van der Waals surface area contributed by atoms with Gasteiger partial charge in [-0.2, -0.15) is 0 Å². The Kier molecular flexibility index (Phi) is 6.06. The minimum Gasteiger partial charge on any atom is -0.461 e. The van der Waals surface area contributed by atoms with Crippen molar-refractivity contribution in [2.45, 2.75) is 51.7 Å². The van der Waals surface area contributed by atoms with E-state index in [0.29, 0.717) is 6.42 Å². The number of carbonyl (C=O) groups is 1. The predicted molar refractivity (Wildman–Crippen MR) is 80.4 cm³/mol. The second-order valence-corrected chi connectivity index (χ2v) is 5.58. The van der Waals surface area contributed by atoms with Crippen molar-refractivity contribution in [3.63, 3.8) is 0 Å². The summed E-state index contributed by atoms with van der Waals surface area (Å²) in [6.45, 7) is 4.98. The van der Waals surface area contributed by atoms with Gasteiger partial charge in [-0.3, -0.25) is 9.69 Å². The highest BCUT2D eigenvalue weighted by Crippen LogP contribution is 2.16. The van der Waals surface area contributed by atoms with E-state index in [0.717, 1.165) is 45.3 Å². The highest BCUT2D eigenvalue weighted by molar-refractivity contribution is 5.69. The van der Waals surface area contributed by atoms with Crippen LogP contribution in [0.4, 0.5) is 0 Å². The molecule has 0 N–H and O–H groups in total. The molecule has 1 fully saturated rings. The lowest BCUT2D eigenvalue weighted by atomic mass is 10.2. The molecule has 110 valence electrons. The average Bonchev–Trinajstić information content (AvgIpc) is 2.87. The molecule has 0 amide bonds. The first-order chi connectivity index (χ1) is 9.78. The van der Waals surface area contributed by atoms with E-state index in [-0.39, 0.29) is 12.1 Å². The molecule has 3 heteroatoms. The molecule has 3 nitrogen and oxygen atoms in total. The Bertz CT molecular complexity index is 405. The maximum absolute atomic E-state index is 11.7. The van der Waals surface area contributed by atoms with Gasteiger partial charge in [-0.25, -0.2) is 0 Å². The van der Waals surface area contributed by atoms with Gasteiger partial charge >= 0.3 is 5.97 Å². The number of carbonyl (C=O) groups excluding carboxylic acids is 1. The van der Waals surface area contributed by atoms with Crippen molar-refractivity contribution >= 4 is 5.97 Å². The lowest BCUT2D eigenvalue weighted by molar-refractivity contribution is -0.148. The number of hydrogen-bond donors (Lipinski definition) is 0. The van der Waals surface area contributed by atoms with Crippen molar-refractivity contribution in [3.8, 4) is 0 Å². The third-order valence-electron chi connectivity index (χ3n) is 3.76. The van der Waals surface area contributed by atoms with Crippen LogP contribution in [0.25, 0.3) is 0 Å². The van der Waals surface area contributed by atoms with Crippen LogP contribution in [0.2, 0.25) is 0 Å². The zero-order valence-corrected chi connectivity index (χ0v) is 12.4. The summed E-state index contributed by atoms with van der Waals surface area (Å²) in [5, 5.41) is 0. The summed E-state index contributed by atoms with van der Waals surface area (Å²) in [6.07, 6.45) is 4.83. The molecule has 0 spiro atoms. The molecular formula is C17H25NO2. The Morgan fingerprint density at radius 2 is 2.10 bits per heavy atom. The number of hydrogen-bond acceptors (Lipinski definition) is 3. The summed E-state index contributed by atoms with van der Waals surface area (Å²) in [7, 11) is 0. The molecule has 0 bridgehead atoms. The van der Waals surface area contributed by atoms with Gasteiger partial charge in [0, 0.05) is 26.1 Å². The first kappa shape index (κ1) is 15.0. The molecule has 0 radical (unpaired) electrons. The fraction of sp³-hybridized carbons (Fsp3) is 0.588. The number of rotatable bonds is 7. The van der Waals surface area contributed by atoms with Crippen molar-refractivity contribution in [2.75, 3.05) is 13.1 Å². The average molecular weight is 275 g/mol. The molecule has 1 saturated heterocycles. The first-order valence-corrected chi connectivity index (χ1v) is 7.73. The Balaban J connectivity index is 1.68. The van der Waals surface area contributed by atoms with E-state index in [1.165, 1.54) is 5.56 Å². The molecule has 0 aliphatic carbocycles. The largest absolute Gasteiger partial charge is 0.461 e. The standard InChI is InChI=1S/C17H25NO2/c1-2-3-5-10-17(19)20-16-11-12-18(14-16)13-15-8-6-4-7-9-15/h4,6-9,16H,2-3,5,10-14H2,1H3. The second-order valence-electron chi connectivity index (χ2n) is 5.58. The Hall–Kier alpha value is -1.35. The van der Waals surface area contributed by atoms with Crippen molar-refractivity contribution in [1.82, 2.24) is 4.90 Å². The number of esters is 1. The fourth-order valence-corrected chi connectivity index (χ4v) is 2.64. The van der Waals surface area contributed by atoms with E-state index in [4.69, 9.17) is 4.74 Å². The molecule has 1 unspecified atom stereocenters. The monoisotopic (exact) mass is 275 g/mol. The zero-order valence-electron chi connectivity index (χ0n) is 12.4. The van der Waals surface area contributed by atoms with Crippen LogP contribution in [-0.2, 0) is 16.1 Å². The summed E-state index contributed by atoms with van der Waals surface area (Å²) < 4.78 is 5.55. The van der Waals surface area contributed by atoms with Crippen LogP contribution in [0.3, 0.4) is 0 Å². The van der Waals surface area contributed by atoms with Crippen LogP contribution in [-0.4, -0.2) is 30.1 Å². The Morgan fingerprint density at radius 3 is 2.85 bits per heavy atom. The van der Waals surface area contributed by atoms with Gasteiger partial charge in [-0.1, -0.05) is 50.1 Å². The smallest absolute Gasteiger partial charge is 0.306 e. The van der Waals surface area contributed by atoms with Crippen molar-refractivity contribution in [2.24, 2.45) is 0 Å². The summed E-state index contributed by atoms with van der Waals surface area (Å²) >= 11 is 0.